The average Bonchev–Trinajstić information content (AvgIpc) is 2.38. The minimum absolute atomic E-state index is 0.553. The third kappa shape index (κ3) is 3.36. The number of rotatable bonds is 4. The quantitative estimate of drug-likeness (QED) is 0.787. The van der Waals surface area contributed by atoms with Gasteiger partial charge in [-0.15, -0.1) is 0 Å². The van der Waals surface area contributed by atoms with Crippen molar-refractivity contribution in [1.29, 1.82) is 0 Å². The lowest BCUT2D eigenvalue weighted by Crippen LogP contribution is -1.97. The van der Waals surface area contributed by atoms with E-state index < -0.39 is 0 Å². The summed E-state index contributed by atoms with van der Waals surface area (Å²) in [5.74, 6) is 1.55. The lowest BCUT2D eigenvalue weighted by Gasteiger charge is -2.10. The van der Waals surface area contributed by atoms with Crippen molar-refractivity contribution in [2.24, 2.45) is 0 Å². The molecule has 0 amide bonds. The lowest BCUT2D eigenvalue weighted by atomic mass is 10.2. The number of ether oxygens (including phenoxy) is 2. The summed E-state index contributed by atoms with van der Waals surface area (Å²) in [5, 5.41) is 0. The zero-order chi connectivity index (χ0) is 12.1. The van der Waals surface area contributed by atoms with Crippen LogP contribution in [0.25, 0.3) is 0 Å². The van der Waals surface area contributed by atoms with Crippen LogP contribution in [0.3, 0.4) is 0 Å². The van der Waals surface area contributed by atoms with E-state index in [4.69, 9.17) is 9.47 Å². The molecule has 3 heteroatoms. The first-order valence-electron chi connectivity index (χ1n) is 5.30. The van der Waals surface area contributed by atoms with Gasteiger partial charge in [0.15, 0.2) is 11.5 Å². The Morgan fingerprint density at radius 3 is 2.47 bits per heavy atom. The molecule has 17 heavy (non-hydrogen) atoms. The Morgan fingerprint density at radius 1 is 1.00 bits per heavy atom. The molecule has 0 unspecified atom stereocenters. The highest BCUT2D eigenvalue weighted by atomic mass is 127. The molecular weight excluding hydrogens is 327 g/mol. The molecule has 0 aliphatic rings. The van der Waals surface area contributed by atoms with E-state index in [1.807, 2.05) is 48.5 Å². The Morgan fingerprint density at radius 2 is 1.76 bits per heavy atom. The van der Waals surface area contributed by atoms with E-state index >= 15 is 0 Å². The molecule has 0 radical (unpaired) electrons. The summed E-state index contributed by atoms with van der Waals surface area (Å²) in [6.07, 6.45) is 0. The highest BCUT2D eigenvalue weighted by Crippen LogP contribution is 2.29. The van der Waals surface area contributed by atoms with Crippen molar-refractivity contribution < 1.29 is 9.47 Å². The van der Waals surface area contributed by atoms with Gasteiger partial charge in [-0.2, -0.15) is 0 Å². The van der Waals surface area contributed by atoms with Crippen molar-refractivity contribution in [2.45, 2.75) is 6.61 Å². The van der Waals surface area contributed by atoms with Gasteiger partial charge in [0.05, 0.1) is 7.11 Å². The Kier molecular flexibility index (Phi) is 4.25. The van der Waals surface area contributed by atoms with Crippen LogP contribution in [0.2, 0.25) is 0 Å². The van der Waals surface area contributed by atoms with Gasteiger partial charge in [0.1, 0.15) is 6.61 Å². The monoisotopic (exact) mass is 340 g/mol. The Balaban J connectivity index is 2.09. The summed E-state index contributed by atoms with van der Waals surface area (Å²) in [6, 6.07) is 16.0. The molecule has 0 fully saturated rings. The predicted molar refractivity (Wildman–Crippen MR) is 76.5 cm³/mol. The molecule has 2 aromatic carbocycles. The van der Waals surface area contributed by atoms with Crippen molar-refractivity contribution in [3.8, 4) is 11.5 Å². The second kappa shape index (κ2) is 5.91. The zero-order valence-electron chi connectivity index (χ0n) is 9.52. The molecule has 0 saturated heterocycles. The van der Waals surface area contributed by atoms with Gasteiger partial charge >= 0.3 is 0 Å². The topological polar surface area (TPSA) is 18.5 Å². The number of hydrogen-bond donors (Lipinski definition) is 0. The second-order valence-electron chi connectivity index (χ2n) is 3.57. The minimum Gasteiger partial charge on any atom is -0.493 e. The maximum absolute atomic E-state index is 5.74. The molecule has 2 nitrogen and oxygen atoms in total. The van der Waals surface area contributed by atoms with Gasteiger partial charge in [0.2, 0.25) is 0 Å². The SMILES string of the molecule is COc1cc(I)ccc1OCc1ccccc1. The predicted octanol–water partition coefficient (Wildman–Crippen LogP) is 3.88. The first-order valence-corrected chi connectivity index (χ1v) is 6.38. The van der Waals surface area contributed by atoms with Crippen LogP contribution in [-0.4, -0.2) is 7.11 Å². The third-order valence-electron chi connectivity index (χ3n) is 2.36. The van der Waals surface area contributed by atoms with E-state index in [0.29, 0.717) is 6.61 Å². The van der Waals surface area contributed by atoms with Gasteiger partial charge in [-0.1, -0.05) is 30.3 Å². The first-order chi connectivity index (χ1) is 8.29. The van der Waals surface area contributed by atoms with E-state index in [-0.39, 0.29) is 0 Å². The lowest BCUT2D eigenvalue weighted by molar-refractivity contribution is 0.284. The molecule has 0 aliphatic carbocycles. The van der Waals surface area contributed by atoms with Crippen molar-refractivity contribution in [3.05, 3.63) is 57.7 Å². The standard InChI is InChI=1S/C14H13IO2/c1-16-14-9-12(15)7-8-13(14)17-10-11-5-3-2-4-6-11/h2-9H,10H2,1H3. The Bertz CT molecular complexity index is 483. The summed E-state index contributed by atoms with van der Waals surface area (Å²) in [7, 11) is 1.65. The zero-order valence-corrected chi connectivity index (χ0v) is 11.7. The van der Waals surface area contributed by atoms with Gasteiger partial charge in [-0.3, -0.25) is 0 Å². The summed E-state index contributed by atoms with van der Waals surface area (Å²) >= 11 is 2.25. The van der Waals surface area contributed by atoms with Crippen LogP contribution < -0.4 is 9.47 Å². The van der Waals surface area contributed by atoms with Crippen LogP contribution in [-0.2, 0) is 6.61 Å². The van der Waals surface area contributed by atoms with Crippen LogP contribution in [0.5, 0.6) is 11.5 Å². The van der Waals surface area contributed by atoms with E-state index in [9.17, 15) is 0 Å². The molecule has 2 rings (SSSR count). The van der Waals surface area contributed by atoms with Gasteiger partial charge in [-0.05, 0) is 46.4 Å². The highest BCUT2D eigenvalue weighted by Gasteiger charge is 2.04. The van der Waals surface area contributed by atoms with Crippen LogP contribution >= 0.6 is 22.6 Å². The third-order valence-corrected chi connectivity index (χ3v) is 3.03. The molecule has 0 bridgehead atoms. The summed E-state index contributed by atoms with van der Waals surface area (Å²) in [6.45, 7) is 0.553. The second-order valence-corrected chi connectivity index (χ2v) is 4.82. The van der Waals surface area contributed by atoms with Crippen molar-refractivity contribution in [2.75, 3.05) is 7.11 Å². The molecule has 0 atom stereocenters. The van der Waals surface area contributed by atoms with Crippen LogP contribution in [0.1, 0.15) is 5.56 Å². The van der Waals surface area contributed by atoms with Crippen molar-refractivity contribution in [3.63, 3.8) is 0 Å². The van der Waals surface area contributed by atoms with E-state index in [1.165, 1.54) is 0 Å². The number of hydrogen-bond acceptors (Lipinski definition) is 2. The van der Waals surface area contributed by atoms with Crippen molar-refractivity contribution in [1.82, 2.24) is 0 Å². The molecule has 0 aliphatic heterocycles. The molecule has 0 spiro atoms. The van der Waals surface area contributed by atoms with Crippen LogP contribution in [0.15, 0.2) is 48.5 Å². The number of halogens is 1. The summed E-state index contributed by atoms with van der Waals surface area (Å²) in [4.78, 5) is 0. The molecule has 0 heterocycles. The van der Waals surface area contributed by atoms with Gasteiger partial charge < -0.3 is 9.47 Å². The van der Waals surface area contributed by atoms with E-state index in [2.05, 4.69) is 22.6 Å². The Labute approximate surface area is 115 Å². The molecule has 0 N–H and O–H groups in total. The van der Waals surface area contributed by atoms with Crippen LogP contribution in [0.4, 0.5) is 0 Å². The fourth-order valence-corrected chi connectivity index (χ4v) is 1.96. The Hall–Kier alpha value is -1.23. The molecule has 0 aromatic heterocycles. The number of methoxy groups -OCH3 is 1. The average molecular weight is 340 g/mol. The minimum atomic E-state index is 0.553. The van der Waals surface area contributed by atoms with E-state index in [1.54, 1.807) is 7.11 Å². The largest absolute Gasteiger partial charge is 0.493 e. The van der Waals surface area contributed by atoms with E-state index in [0.717, 1.165) is 20.6 Å². The number of benzene rings is 2. The molecule has 0 saturated carbocycles. The molecule has 88 valence electrons. The van der Waals surface area contributed by atoms with Gasteiger partial charge in [0.25, 0.3) is 0 Å². The molecular formula is C14H13IO2. The summed E-state index contributed by atoms with van der Waals surface area (Å²) < 4.78 is 12.2. The maximum atomic E-state index is 5.74. The maximum Gasteiger partial charge on any atom is 0.161 e. The normalized spacial score (nSPS) is 10.0. The molecule has 2 aromatic rings. The smallest absolute Gasteiger partial charge is 0.161 e. The fraction of sp³-hybridized carbons (Fsp3) is 0.143. The highest BCUT2D eigenvalue weighted by molar-refractivity contribution is 14.1. The summed E-state index contributed by atoms with van der Waals surface area (Å²) in [5.41, 5.74) is 1.15. The first kappa shape index (κ1) is 12.2. The fourth-order valence-electron chi connectivity index (χ4n) is 1.50. The van der Waals surface area contributed by atoms with Gasteiger partial charge in [-0.25, -0.2) is 0 Å². The van der Waals surface area contributed by atoms with Crippen LogP contribution in [0, 0.1) is 3.57 Å². The van der Waals surface area contributed by atoms with Crippen molar-refractivity contribution >= 4 is 22.6 Å². The van der Waals surface area contributed by atoms with Gasteiger partial charge in [0, 0.05) is 3.57 Å².